The van der Waals surface area contributed by atoms with E-state index in [4.69, 9.17) is 4.74 Å². The van der Waals surface area contributed by atoms with Gasteiger partial charge in [0.2, 0.25) is 0 Å². The molecule has 1 aromatic heterocycles. The molecule has 0 bridgehead atoms. The van der Waals surface area contributed by atoms with Crippen LogP contribution in [0.5, 0.6) is 5.75 Å². The third kappa shape index (κ3) is 5.04. The van der Waals surface area contributed by atoms with Crippen LogP contribution in [0.1, 0.15) is 30.7 Å². The summed E-state index contributed by atoms with van der Waals surface area (Å²) in [6.07, 6.45) is 7.45. The Kier molecular flexibility index (Phi) is 6.22. The maximum atomic E-state index is 5.85. The van der Waals surface area contributed by atoms with Gasteiger partial charge in [-0.1, -0.05) is 18.2 Å². The first kappa shape index (κ1) is 16.3. The van der Waals surface area contributed by atoms with Crippen LogP contribution >= 0.6 is 0 Å². The molecule has 0 aliphatic heterocycles. The van der Waals surface area contributed by atoms with Crippen LogP contribution in [0.4, 0.5) is 0 Å². The lowest BCUT2D eigenvalue weighted by Gasteiger charge is -2.15. The van der Waals surface area contributed by atoms with Crippen LogP contribution in [-0.4, -0.2) is 22.6 Å². The Morgan fingerprint density at radius 2 is 2.27 bits per heavy atom. The number of aromatic nitrogens is 2. The number of hydrogen-bond donors (Lipinski definition) is 2. The molecule has 0 unspecified atom stereocenters. The quantitative estimate of drug-likeness (QED) is 0.552. The Morgan fingerprint density at radius 3 is 2.95 bits per heavy atom. The molecule has 0 amide bonds. The molecule has 0 aliphatic rings. The van der Waals surface area contributed by atoms with Crippen LogP contribution in [-0.2, 0) is 19.4 Å². The van der Waals surface area contributed by atoms with Crippen molar-refractivity contribution in [2.45, 2.75) is 39.3 Å². The zero-order valence-corrected chi connectivity index (χ0v) is 13.4. The SMILES string of the molecule is C=CCc1cc(CNCCc2cnc[nH]2)ccc1OC(C)C. The van der Waals surface area contributed by atoms with Crippen molar-refractivity contribution in [3.8, 4) is 5.75 Å². The Morgan fingerprint density at radius 1 is 1.41 bits per heavy atom. The minimum absolute atomic E-state index is 0.182. The first-order chi connectivity index (χ1) is 10.7. The van der Waals surface area contributed by atoms with Gasteiger partial charge in [0.25, 0.3) is 0 Å². The van der Waals surface area contributed by atoms with Crippen molar-refractivity contribution in [2.24, 2.45) is 0 Å². The molecule has 4 heteroatoms. The van der Waals surface area contributed by atoms with Crippen LogP contribution in [0, 0.1) is 0 Å². The molecule has 0 aliphatic carbocycles. The first-order valence-electron chi connectivity index (χ1n) is 7.76. The van der Waals surface area contributed by atoms with Gasteiger partial charge in [-0.05, 0) is 37.5 Å². The van der Waals surface area contributed by atoms with Crippen LogP contribution in [0.2, 0.25) is 0 Å². The Balaban J connectivity index is 1.90. The fraction of sp³-hybridized carbons (Fsp3) is 0.389. The van der Waals surface area contributed by atoms with Gasteiger partial charge in [-0.2, -0.15) is 0 Å². The largest absolute Gasteiger partial charge is 0.491 e. The molecule has 118 valence electrons. The molecule has 0 spiro atoms. The molecule has 2 rings (SSSR count). The van der Waals surface area contributed by atoms with Crippen LogP contribution in [0.3, 0.4) is 0 Å². The molecule has 0 atom stereocenters. The predicted octanol–water partition coefficient (Wildman–Crippen LogP) is 3.26. The molecule has 0 fully saturated rings. The highest BCUT2D eigenvalue weighted by Crippen LogP contribution is 2.22. The minimum atomic E-state index is 0.182. The topological polar surface area (TPSA) is 49.9 Å². The van der Waals surface area contributed by atoms with Gasteiger partial charge in [0.1, 0.15) is 5.75 Å². The Bertz CT molecular complexity index is 576. The third-order valence-electron chi connectivity index (χ3n) is 3.31. The summed E-state index contributed by atoms with van der Waals surface area (Å²) < 4.78 is 5.85. The third-order valence-corrected chi connectivity index (χ3v) is 3.31. The summed E-state index contributed by atoms with van der Waals surface area (Å²) in [5.74, 6) is 0.955. The van der Waals surface area contributed by atoms with Crippen LogP contribution in [0.25, 0.3) is 0 Å². The van der Waals surface area contributed by atoms with Crippen molar-refractivity contribution in [2.75, 3.05) is 6.54 Å². The zero-order chi connectivity index (χ0) is 15.8. The number of rotatable bonds is 9. The van der Waals surface area contributed by atoms with Crippen LogP contribution in [0.15, 0.2) is 43.4 Å². The summed E-state index contributed by atoms with van der Waals surface area (Å²) in [5.41, 5.74) is 3.61. The summed E-state index contributed by atoms with van der Waals surface area (Å²) in [6.45, 7) is 9.69. The van der Waals surface area contributed by atoms with Crippen molar-refractivity contribution < 1.29 is 4.74 Å². The summed E-state index contributed by atoms with van der Waals surface area (Å²) in [5, 5.41) is 3.46. The molecule has 0 radical (unpaired) electrons. The zero-order valence-electron chi connectivity index (χ0n) is 13.4. The molecule has 0 saturated heterocycles. The highest BCUT2D eigenvalue weighted by Gasteiger charge is 2.06. The number of benzene rings is 1. The first-order valence-corrected chi connectivity index (χ1v) is 7.76. The van der Waals surface area contributed by atoms with Gasteiger partial charge in [-0.3, -0.25) is 0 Å². The van der Waals surface area contributed by atoms with Crippen LogP contribution < -0.4 is 10.1 Å². The van der Waals surface area contributed by atoms with Crippen molar-refractivity contribution >= 4 is 0 Å². The van der Waals surface area contributed by atoms with E-state index >= 15 is 0 Å². The van der Waals surface area contributed by atoms with Gasteiger partial charge < -0.3 is 15.0 Å². The van der Waals surface area contributed by atoms with Gasteiger partial charge in [0.15, 0.2) is 0 Å². The monoisotopic (exact) mass is 299 g/mol. The van der Waals surface area contributed by atoms with Gasteiger partial charge >= 0.3 is 0 Å². The standard InChI is InChI=1S/C18H25N3O/c1-4-5-16-10-15(6-7-18(16)22-14(2)3)11-19-9-8-17-12-20-13-21-17/h4,6-7,10,12-14,19H,1,5,8-9,11H2,2-3H3,(H,20,21). The van der Waals surface area contributed by atoms with E-state index < -0.39 is 0 Å². The normalized spacial score (nSPS) is 10.9. The number of aromatic amines is 1. The second-order valence-electron chi connectivity index (χ2n) is 5.61. The van der Waals surface area contributed by atoms with E-state index in [0.29, 0.717) is 0 Å². The average molecular weight is 299 g/mol. The highest BCUT2D eigenvalue weighted by molar-refractivity contribution is 5.38. The van der Waals surface area contributed by atoms with E-state index in [1.165, 1.54) is 11.1 Å². The van der Waals surface area contributed by atoms with E-state index in [2.05, 4.69) is 40.1 Å². The number of allylic oxidation sites excluding steroid dienone is 1. The summed E-state index contributed by atoms with van der Waals surface area (Å²) in [6, 6.07) is 6.38. The number of H-pyrrole nitrogens is 1. The van der Waals surface area contributed by atoms with Gasteiger partial charge in [-0.25, -0.2) is 4.98 Å². The lowest BCUT2D eigenvalue weighted by Crippen LogP contribution is -2.17. The Labute approximate surface area is 132 Å². The van der Waals surface area contributed by atoms with E-state index in [-0.39, 0.29) is 6.10 Å². The number of ether oxygens (including phenoxy) is 1. The number of imidazole rings is 1. The molecule has 4 nitrogen and oxygen atoms in total. The molecular weight excluding hydrogens is 274 g/mol. The molecule has 2 N–H and O–H groups in total. The lowest BCUT2D eigenvalue weighted by atomic mass is 10.1. The summed E-state index contributed by atoms with van der Waals surface area (Å²) >= 11 is 0. The molecule has 1 heterocycles. The molecule has 1 aromatic carbocycles. The molecular formula is C18H25N3O. The molecule has 22 heavy (non-hydrogen) atoms. The van der Waals surface area contributed by atoms with Crippen molar-refractivity contribution in [3.05, 3.63) is 60.2 Å². The second kappa shape index (κ2) is 8.39. The number of hydrogen-bond acceptors (Lipinski definition) is 3. The predicted molar refractivity (Wildman–Crippen MR) is 90.1 cm³/mol. The van der Waals surface area contributed by atoms with Crippen molar-refractivity contribution in [1.82, 2.24) is 15.3 Å². The van der Waals surface area contributed by atoms with Gasteiger partial charge in [0.05, 0.1) is 12.4 Å². The van der Waals surface area contributed by atoms with E-state index in [9.17, 15) is 0 Å². The van der Waals surface area contributed by atoms with E-state index in [1.807, 2.05) is 26.1 Å². The van der Waals surface area contributed by atoms with Gasteiger partial charge in [0, 0.05) is 31.4 Å². The second-order valence-corrected chi connectivity index (χ2v) is 5.61. The van der Waals surface area contributed by atoms with Gasteiger partial charge in [-0.15, -0.1) is 6.58 Å². The van der Waals surface area contributed by atoms with E-state index in [1.54, 1.807) is 6.33 Å². The lowest BCUT2D eigenvalue weighted by molar-refractivity contribution is 0.240. The Hall–Kier alpha value is -2.07. The van der Waals surface area contributed by atoms with E-state index in [0.717, 1.165) is 37.4 Å². The smallest absolute Gasteiger partial charge is 0.123 e. The van der Waals surface area contributed by atoms with Crippen molar-refractivity contribution in [1.29, 1.82) is 0 Å². The summed E-state index contributed by atoms with van der Waals surface area (Å²) in [4.78, 5) is 7.13. The summed E-state index contributed by atoms with van der Waals surface area (Å²) in [7, 11) is 0. The number of nitrogens with one attached hydrogen (secondary N) is 2. The molecule has 0 saturated carbocycles. The maximum Gasteiger partial charge on any atom is 0.123 e. The van der Waals surface area contributed by atoms with Crippen molar-refractivity contribution in [3.63, 3.8) is 0 Å². The maximum absolute atomic E-state index is 5.85. The minimum Gasteiger partial charge on any atom is -0.491 e. The average Bonchev–Trinajstić information content (AvgIpc) is 2.99. The molecule has 2 aromatic rings. The number of nitrogens with zero attached hydrogens (tertiary/aromatic N) is 1. The fourth-order valence-electron chi connectivity index (χ4n) is 2.30. The highest BCUT2D eigenvalue weighted by atomic mass is 16.5. The fourth-order valence-corrected chi connectivity index (χ4v) is 2.30.